The summed E-state index contributed by atoms with van der Waals surface area (Å²) in [7, 11) is 0. The van der Waals surface area contributed by atoms with Gasteiger partial charge in [-0.15, -0.1) is 0 Å². The van der Waals surface area contributed by atoms with E-state index in [1.54, 1.807) is 0 Å². The third-order valence-electron chi connectivity index (χ3n) is 13.5. The van der Waals surface area contributed by atoms with Gasteiger partial charge in [0.25, 0.3) is 0 Å². The van der Waals surface area contributed by atoms with Gasteiger partial charge in [0.05, 0.1) is 25.4 Å². The zero-order valence-corrected chi connectivity index (χ0v) is 43.7. The van der Waals surface area contributed by atoms with Crippen molar-refractivity contribution in [2.24, 2.45) is 0 Å². The van der Waals surface area contributed by atoms with Crippen molar-refractivity contribution in [2.75, 3.05) is 13.2 Å². The van der Waals surface area contributed by atoms with Gasteiger partial charge in [0.2, 0.25) is 5.91 Å². The van der Waals surface area contributed by atoms with Gasteiger partial charge in [-0.25, -0.2) is 0 Å². The Kier molecular flexibility index (Phi) is 53.5. The molecule has 0 radical (unpaired) electrons. The van der Waals surface area contributed by atoms with Gasteiger partial charge in [-0.1, -0.05) is 250 Å². The van der Waals surface area contributed by atoms with Crippen LogP contribution in [0.15, 0.2) is 24.3 Å². The lowest BCUT2D eigenvalue weighted by Crippen LogP contribution is -2.45. The van der Waals surface area contributed by atoms with Crippen molar-refractivity contribution in [3.63, 3.8) is 0 Å². The number of hydrogen-bond acceptors (Lipinski definition) is 5. The minimum Gasteiger partial charge on any atom is -0.466 e. The van der Waals surface area contributed by atoms with Crippen molar-refractivity contribution in [1.29, 1.82) is 0 Å². The topological polar surface area (TPSA) is 95.9 Å². The second-order valence-corrected chi connectivity index (χ2v) is 20.0. The van der Waals surface area contributed by atoms with Crippen LogP contribution in [-0.2, 0) is 14.3 Å². The SMILES string of the molecule is CCCCCCCC/C=C\CCCCCCCCCCCC(=O)OCCCCCCCCCCC/C=C\CCCCCCCC(=O)NC(CO)C(O)CCCCCCCCCCCCC. The monoisotopic (exact) mass is 916 g/mol. The van der Waals surface area contributed by atoms with Crippen molar-refractivity contribution in [2.45, 2.75) is 328 Å². The number of rotatable bonds is 54. The number of aliphatic hydroxyl groups is 2. The van der Waals surface area contributed by atoms with E-state index in [0.717, 1.165) is 57.8 Å². The van der Waals surface area contributed by atoms with E-state index in [1.165, 1.54) is 225 Å². The predicted octanol–water partition coefficient (Wildman–Crippen LogP) is 17.9. The van der Waals surface area contributed by atoms with Crippen molar-refractivity contribution < 1.29 is 24.5 Å². The normalized spacial score (nSPS) is 12.7. The maximum Gasteiger partial charge on any atom is 0.305 e. The van der Waals surface area contributed by atoms with E-state index in [0.29, 0.717) is 25.9 Å². The molecule has 0 fully saturated rings. The lowest BCUT2D eigenvalue weighted by Gasteiger charge is -2.22. The summed E-state index contributed by atoms with van der Waals surface area (Å²) >= 11 is 0. The fourth-order valence-electron chi connectivity index (χ4n) is 8.98. The molecule has 0 aromatic carbocycles. The molecule has 2 atom stereocenters. The summed E-state index contributed by atoms with van der Waals surface area (Å²) in [6.07, 6.45) is 66.0. The first-order valence-corrected chi connectivity index (χ1v) is 29.1. The van der Waals surface area contributed by atoms with Crippen molar-refractivity contribution in [3.05, 3.63) is 24.3 Å². The molecule has 6 heteroatoms. The fourth-order valence-corrected chi connectivity index (χ4v) is 8.98. The number of esters is 1. The smallest absolute Gasteiger partial charge is 0.305 e. The maximum atomic E-state index is 12.4. The zero-order valence-electron chi connectivity index (χ0n) is 43.7. The van der Waals surface area contributed by atoms with Gasteiger partial charge < -0.3 is 20.3 Å². The summed E-state index contributed by atoms with van der Waals surface area (Å²) in [5.41, 5.74) is 0. The average Bonchev–Trinajstić information content (AvgIpc) is 3.31. The minimum atomic E-state index is -0.671. The Hall–Kier alpha value is -1.66. The van der Waals surface area contributed by atoms with E-state index in [4.69, 9.17) is 4.74 Å². The highest BCUT2D eigenvalue weighted by atomic mass is 16.5. The molecule has 0 saturated carbocycles. The summed E-state index contributed by atoms with van der Waals surface area (Å²) in [6, 6.07) is -0.550. The molecule has 0 rings (SSSR count). The Balaban J connectivity index is 3.41. The fraction of sp³-hybridized carbons (Fsp3) is 0.898. The first-order valence-electron chi connectivity index (χ1n) is 29.1. The molecule has 0 bridgehead atoms. The summed E-state index contributed by atoms with van der Waals surface area (Å²) in [5, 5.41) is 23.2. The Morgan fingerprint density at radius 3 is 1.09 bits per heavy atom. The number of aliphatic hydroxyl groups excluding tert-OH is 2. The second kappa shape index (κ2) is 54.9. The molecule has 6 nitrogen and oxygen atoms in total. The van der Waals surface area contributed by atoms with Gasteiger partial charge in [0.1, 0.15) is 0 Å². The summed E-state index contributed by atoms with van der Waals surface area (Å²) in [5.74, 6) is -0.0473. The molecule has 0 spiro atoms. The summed E-state index contributed by atoms with van der Waals surface area (Å²) in [6.45, 7) is 4.93. The standard InChI is InChI=1S/C59H113NO5/c1-3-5-7-9-11-13-15-16-17-18-19-23-26-29-33-37-41-45-49-53-59(64)65-54-50-46-42-38-34-30-27-24-21-20-22-25-28-32-36-40-44-48-52-58(63)60-56(55-61)57(62)51-47-43-39-35-31-14-12-10-8-6-4-2/h16-17,22,25,56-57,61-62H,3-15,18-21,23-24,26-55H2,1-2H3,(H,60,63)/b17-16-,25-22-. The number of nitrogens with one attached hydrogen (secondary N) is 1. The van der Waals surface area contributed by atoms with Gasteiger partial charge in [0.15, 0.2) is 0 Å². The van der Waals surface area contributed by atoms with Crippen molar-refractivity contribution in [3.8, 4) is 0 Å². The van der Waals surface area contributed by atoms with Crippen LogP contribution in [-0.4, -0.2) is 47.4 Å². The molecule has 0 saturated heterocycles. The highest BCUT2D eigenvalue weighted by Gasteiger charge is 2.20. The zero-order chi connectivity index (χ0) is 47.2. The molecular weight excluding hydrogens is 803 g/mol. The molecule has 2 unspecified atom stereocenters. The molecule has 65 heavy (non-hydrogen) atoms. The lowest BCUT2D eigenvalue weighted by molar-refractivity contribution is -0.143. The second-order valence-electron chi connectivity index (χ2n) is 20.0. The Bertz CT molecular complexity index is 1010. The van der Waals surface area contributed by atoms with Crippen molar-refractivity contribution >= 4 is 11.9 Å². The van der Waals surface area contributed by atoms with Crippen LogP contribution < -0.4 is 5.32 Å². The highest BCUT2D eigenvalue weighted by Crippen LogP contribution is 2.17. The first-order chi connectivity index (χ1) is 32.0. The van der Waals surface area contributed by atoms with Crippen LogP contribution in [0.3, 0.4) is 0 Å². The Morgan fingerprint density at radius 2 is 0.723 bits per heavy atom. The van der Waals surface area contributed by atoms with Gasteiger partial charge in [-0.3, -0.25) is 9.59 Å². The molecule has 0 aliphatic carbocycles. The molecule has 0 aromatic heterocycles. The molecule has 0 heterocycles. The number of carbonyl (C=O) groups is 2. The van der Waals surface area contributed by atoms with Gasteiger partial charge in [-0.2, -0.15) is 0 Å². The number of ether oxygens (including phenoxy) is 1. The van der Waals surface area contributed by atoms with E-state index in [2.05, 4.69) is 43.5 Å². The van der Waals surface area contributed by atoms with Gasteiger partial charge in [-0.05, 0) is 77.0 Å². The number of hydrogen-bond donors (Lipinski definition) is 3. The number of allylic oxidation sites excluding steroid dienone is 4. The van der Waals surface area contributed by atoms with Crippen LogP contribution in [0.5, 0.6) is 0 Å². The van der Waals surface area contributed by atoms with E-state index in [-0.39, 0.29) is 18.5 Å². The highest BCUT2D eigenvalue weighted by molar-refractivity contribution is 5.76. The van der Waals surface area contributed by atoms with Crippen molar-refractivity contribution in [1.82, 2.24) is 5.32 Å². The van der Waals surface area contributed by atoms with E-state index >= 15 is 0 Å². The van der Waals surface area contributed by atoms with Crippen LogP contribution in [0, 0.1) is 0 Å². The van der Waals surface area contributed by atoms with Gasteiger partial charge >= 0.3 is 5.97 Å². The number of amides is 1. The Morgan fingerprint density at radius 1 is 0.415 bits per heavy atom. The first kappa shape index (κ1) is 63.3. The van der Waals surface area contributed by atoms with E-state index in [9.17, 15) is 19.8 Å². The molecular formula is C59H113NO5. The van der Waals surface area contributed by atoms with Gasteiger partial charge in [0, 0.05) is 12.8 Å². The molecule has 0 aliphatic heterocycles. The lowest BCUT2D eigenvalue weighted by atomic mass is 10.0. The van der Waals surface area contributed by atoms with Crippen LogP contribution in [0.4, 0.5) is 0 Å². The Labute approximate surface area is 405 Å². The molecule has 0 aromatic rings. The number of carbonyl (C=O) groups excluding carboxylic acids is 2. The third-order valence-corrected chi connectivity index (χ3v) is 13.5. The largest absolute Gasteiger partial charge is 0.466 e. The maximum absolute atomic E-state index is 12.4. The third kappa shape index (κ3) is 51.6. The summed E-state index contributed by atoms with van der Waals surface area (Å²) < 4.78 is 5.49. The number of unbranched alkanes of at least 4 members (excludes halogenated alkanes) is 39. The van der Waals surface area contributed by atoms with E-state index in [1.807, 2.05) is 0 Å². The average molecular weight is 917 g/mol. The molecule has 0 aliphatic rings. The minimum absolute atomic E-state index is 0.00260. The van der Waals surface area contributed by atoms with Crippen LogP contribution in [0.1, 0.15) is 316 Å². The quantitative estimate of drug-likeness (QED) is 0.0321. The van der Waals surface area contributed by atoms with Crippen LogP contribution in [0.25, 0.3) is 0 Å². The molecule has 384 valence electrons. The van der Waals surface area contributed by atoms with E-state index < -0.39 is 12.1 Å². The predicted molar refractivity (Wildman–Crippen MR) is 283 cm³/mol. The molecule has 1 amide bonds. The molecule has 3 N–H and O–H groups in total. The summed E-state index contributed by atoms with van der Waals surface area (Å²) in [4.78, 5) is 24.5. The van der Waals surface area contributed by atoms with Crippen LogP contribution in [0.2, 0.25) is 0 Å². The van der Waals surface area contributed by atoms with Crippen LogP contribution >= 0.6 is 0 Å².